The summed E-state index contributed by atoms with van der Waals surface area (Å²) < 4.78 is 0. The van der Waals surface area contributed by atoms with Gasteiger partial charge in [0.15, 0.2) is 0 Å². The minimum Gasteiger partial charge on any atom is -0.287 e. The van der Waals surface area contributed by atoms with Gasteiger partial charge < -0.3 is 0 Å². The van der Waals surface area contributed by atoms with Crippen molar-refractivity contribution >= 4 is 34.8 Å². The third-order valence-electron chi connectivity index (χ3n) is 4.47. The van der Waals surface area contributed by atoms with Crippen LogP contribution < -0.4 is 0 Å². The molecule has 2 aromatic carbocycles. The summed E-state index contributed by atoms with van der Waals surface area (Å²) in [4.78, 5) is 33.5. The van der Waals surface area contributed by atoms with Crippen LogP contribution in [0.15, 0.2) is 60.7 Å². The molecule has 0 amide bonds. The number of hydrogen-bond acceptors (Lipinski definition) is 4. The quantitative estimate of drug-likeness (QED) is 0.615. The Morgan fingerprint density at radius 1 is 0.607 bits per heavy atom. The van der Waals surface area contributed by atoms with Crippen molar-refractivity contribution in [1.29, 1.82) is 0 Å². The number of aromatic nitrogens is 2. The van der Waals surface area contributed by atoms with E-state index in [1.807, 2.05) is 24.3 Å². The Hall–Kier alpha value is -2.82. The van der Waals surface area contributed by atoms with Gasteiger partial charge in [-0.05, 0) is 47.5 Å². The first kappa shape index (κ1) is 18.5. The van der Waals surface area contributed by atoms with E-state index in [1.165, 1.54) is 12.2 Å². The van der Waals surface area contributed by atoms with Crippen LogP contribution in [0.1, 0.15) is 43.5 Å². The van der Waals surface area contributed by atoms with Gasteiger partial charge in [0.05, 0.1) is 11.4 Å². The SMILES string of the molecule is O=C1C=CC(=O)c2nc(Cc3ccc(Cl)cc3)c(Cc3ccc(Cl)cc3)nc21. The summed E-state index contributed by atoms with van der Waals surface area (Å²) in [5.74, 6) is -0.616. The molecule has 0 N–H and O–H groups in total. The Morgan fingerprint density at radius 2 is 0.964 bits per heavy atom. The third-order valence-corrected chi connectivity index (χ3v) is 4.98. The van der Waals surface area contributed by atoms with Gasteiger partial charge >= 0.3 is 0 Å². The van der Waals surface area contributed by atoms with Crippen LogP contribution in [0.2, 0.25) is 10.0 Å². The second-order valence-corrected chi connectivity index (χ2v) is 7.36. The van der Waals surface area contributed by atoms with E-state index in [4.69, 9.17) is 23.2 Å². The monoisotopic (exact) mass is 408 g/mol. The van der Waals surface area contributed by atoms with Crippen molar-refractivity contribution in [2.24, 2.45) is 0 Å². The van der Waals surface area contributed by atoms with Crippen molar-refractivity contribution in [2.45, 2.75) is 12.8 Å². The van der Waals surface area contributed by atoms with Crippen LogP contribution in [-0.2, 0) is 12.8 Å². The Morgan fingerprint density at radius 3 is 1.32 bits per heavy atom. The molecule has 0 bridgehead atoms. The molecule has 1 aliphatic carbocycles. The van der Waals surface area contributed by atoms with Gasteiger partial charge in [0.1, 0.15) is 11.4 Å². The van der Waals surface area contributed by atoms with Crippen LogP contribution in [0.3, 0.4) is 0 Å². The number of ketones is 2. The van der Waals surface area contributed by atoms with Crippen LogP contribution in [-0.4, -0.2) is 21.5 Å². The number of benzene rings is 2. The van der Waals surface area contributed by atoms with Crippen molar-refractivity contribution in [1.82, 2.24) is 9.97 Å². The fourth-order valence-corrected chi connectivity index (χ4v) is 3.28. The van der Waals surface area contributed by atoms with E-state index >= 15 is 0 Å². The van der Waals surface area contributed by atoms with Crippen molar-refractivity contribution in [2.75, 3.05) is 0 Å². The number of carbonyl (C=O) groups is 2. The van der Waals surface area contributed by atoms with Crippen LogP contribution in [0.25, 0.3) is 0 Å². The summed E-state index contributed by atoms with van der Waals surface area (Å²) in [7, 11) is 0. The van der Waals surface area contributed by atoms with Gasteiger partial charge in [-0.25, -0.2) is 9.97 Å². The van der Waals surface area contributed by atoms with E-state index in [-0.39, 0.29) is 23.0 Å². The molecule has 0 spiro atoms. The lowest BCUT2D eigenvalue weighted by atomic mass is 10.00. The molecule has 1 aliphatic rings. The maximum absolute atomic E-state index is 12.2. The topological polar surface area (TPSA) is 59.9 Å². The Kier molecular flexibility index (Phi) is 5.07. The number of hydrogen-bond donors (Lipinski definition) is 0. The van der Waals surface area contributed by atoms with Gasteiger partial charge in [0.2, 0.25) is 11.6 Å². The molecule has 0 atom stereocenters. The minimum atomic E-state index is -0.308. The standard InChI is InChI=1S/C22H14Cl2N2O2/c23-15-5-1-13(2-6-15)11-17-18(12-14-3-7-16(24)8-4-14)26-22-20(28)10-9-19(27)21(22)25-17/h1-10H,11-12H2. The summed E-state index contributed by atoms with van der Waals surface area (Å²) in [5.41, 5.74) is 3.51. The van der Waals surface area contributed by atoms with E-state index in [0.717, 1.165) is 11.1 Å². The normalized spacial score (nSPS) is 12.9. The third kappa shape index (κ3) is 3.88. The average molecular weight is 409 g/mol. The second kappa shape index (κ2) is 7.66. The first-order chi connectivity index (χ1) is 13.5. The van der Waals surface area contributed by atoms with Crippen LogP contribution in [0.4, 0.5) is 0 Å². The Balaban J connectivity index is 1.78. The molecule has 0 saturated heterocycles. The molecule has 0 unspecified atom stereocenters. The van der Waals surface area contributed by atoms with Crippen molar-refractivity contribution in [3.63, 3.8) is 0 Å². The molecule has 0 radical (unpaired) electrons. The van der Waals surface area contributed by atoms with E-state index in [0.29, 0.717) is 34.3 Å². The summed E-state index contributed by atoms with van der Waals surface area (Å²) in [6.07, 6.45) is 3.44. The highest BCUT2D eigenvalue weighted by atomic mass is 35.5. The molecule has 0 saturated carbocycles. The Labute approximate surface area is 171 Å². The smallest absolute Gasteiger partial charge is 0.206 e. The number of rotatable bonds is 4. The van der Waals surface area contributed by atoms with Gasteiger partial charge in [0.25, 0.3) is 0 Å². The molecule has 6 heteroatoms. The largest absolute Gasteiger partial charge is 0.287 e. The van der Waals surface area contributed by atoms with Crippen molar-refractivity contribution < 1.29 is 9.59 Å². The summed E-state index contributed by atoms with van der Waals surface area (Å²) >= 11 is 11.9. The number of allylic oxidation sites excluding steroid dienone is 2. The molecule has 28 heavy (non-hydrogen) atoms. The summed E-state index contributed by atoms with van der Waals surface area (Å²) in [6, 6.07) is 14.8. The van der Waals surface area contributed by atoms with Gasteiger partial charge in [0, 0.05) is 22.9 Å². The average Bonchev–Trinajstić information content (AvgIpc) is 2.69. The number of halogens is 2. The highest BCUT2D eigenvalue weighted by Crippen LogP contribution is 2.22. The number of fused-ring (bicyclic) bond motifs is 1. The number of carbonyl (C=O) groups excluding carboxylic acids is 2. The zero-order valence-corrected chi connectivity index (χ0v) is 16.2. The van der Waals surface area contributed by atoms with Crippen LogP contribution in [0.5, 0.6) is 0 Å². The minimum absolute atomic E-state index is 0.108. The molecule has 0 aliphatic heterocycles. The van der Waals surface area contributed by atoms with Crippen molar-refractivity contribution in [3.8, 4) is 0 Å². The Bertz CT molecular complexity index is 1020. The van der Waals surface area contributed by atoms with Gasteiger partial charge in [-0.2, -0.15) is 0 Å². The first-order valence-corrected chi connectivity index (χ1v) is 9.40. The predicted octanol–water partition coefficient (Wildman–Crippen LogP) is 4.90. The van der Waals surface area contributed by atoms with Crippen LogP contribution >= 0.6 is 23.2 Å². The van der Waals surface area contributed by atoms with E-state index in [9.17, 15) is 9.59 Å². The first-order valence-electron chi connectivity index (χ1n) is 8.65. The predicted molar refractivity (Wildman–Crippen MR) is 108 cm³/mol. The van der Waals surface area contributed by atoms with E-state index in [2.05, 4.69) is 9.97 Å². The van der Waals surface area contributed by atoms with Crippen LogP contribution in [0, 0.1) is 0 Å². The molecular formula is C22H14Cl2N2O2. The fourth-order valence-electron chi connectivity index (χ4n) is 3.03. The molecule has 4 rings (SSSR count). The van der Waals surface area contributed by atoms with Gasteiger partial charge in [-0.15, -0.1) is 0 Å². The highest BCUT2D eigenvalue weighted by Gasteiger charge is 2.25. The molecule has 3 aromatic rings. The van der Waals surface area contributed by atoms with Gasteiger partial charge in [-0.3, -0.25) is 9.59 Å². The second-order valence-electron chi connectivity index (χ2n) is 6.48. The fraction of sp³-hybridized carbons (Fsp3) is 0.0909. The van der Waals surface area contributed by atoms with E-state index < -0.39 is 0 Å². The van der Waals surface area contributed by atoms with Crippen molar-refractivity contribution in [3.05, 3.63) is 105 Å². The van der Waals surface area contributed by atoms with E-state index in [1.54, 1.807) is 24.3 Å². The molecule has 0 fully saturated rings. The molecule has 4 nitrogen and oxygen atoms in total. The maximum atomic E-state index is 12.2. The zero-order valence-electron chi connectivity index (χ0n) is 14.7. The maximum Gasteiger partial charge on any atom is 0.206 e. The van der Waals surface area contributed by atoms with Gasteiger partial charge in [-0.1, -0.05) is 47.5 Å². The lowest BCUT2D eigenvalue weighted by molar-refractivity contribution is 0.0986. The lowest BCUT2D eigenvalue weighted by Gasteiger charge is -2.14. The molecule has 138 valence electrons. The highest BCUT2D eigenvalue weighted by molar-refractivity contribution is 6.30. The molecule has 1 heterocycles. The summed E-state index contributed by atoms with van der Waals surface area (Å²) in [5, 5.41) is 1.29. The lowest BCUT2D eigenvalue weighted by Crippen LogP contribution is -2.20. The molecular weight excluding hydrogens is 395 g/mol. The number of nitrogens with zero attached hydrogens (tertiary/aromatic N) is 2. The zero-order chi connectivity index (χ0) is 19.7. The summed E-state index contributed by atoms with van der Waals surface area (Å²) in [6.45, 7) is 0. The molecule has 1 aromatic heterocycles.